The van der Waals surface area contributed by atoms with Gasteiger partial charge >= 0.3 is 5.97 Å². The molecule has 2 heterocycles. The summed E-state index contributed by atoms with van der Waals surface area (Å²) in [5.41, 5.74) is 0.262. The first-order valence-electron chi connectivity index (χ1n) is 27.0. The van der Waals surface area contributed by atoms with Gasteiger partial charge in [-0.3, -0.25) is 23.0 Å². The van der Waals surface area contributed by atoms with Gasteiger partial charge in [0.05, 0.1) is 91.9 Å². The van der Waals surface area contributed by atoms with E-state index in [0.29, 0.717) is 113 Å². The number of carboxylic acids is 1. The van der Waals surface area contributed by atoms with E-state index in [1.54, 1.807) is 50.5 Å². The van der Waals surface area contributed by atoms with Crippen LogP contribution in [0.2, 0.25) is 0 Å². The van der Waals surface area contributed by atoms with Crippen molar-refractivity contribution in [2.24, 2.45) is 0 Å². The van der Waals surface area contributed by atoms with E-state index in [-0.39, 0.29) is 85.8 Å². The van der Waals surface area contributed by atoms with Crippen molar-refractivity contribution >= 4 is 95.2 Å². The molecule has 0 saturated heterocycles. The van der Waals surface area contributed by atoms with Crippen LogP contribution in [0.1, 0.15) is 76.8 Å². The molecule has 25 nitrogen and oxygen atoms in total. The molecule has 0 spiro atoms. The van der Waals surface area contributed by atoms with Crippen molar-refractivity contribution in [2.45, 2.75) is 96.1 Å². The smallest absolute Gasteiger partial charge is 0.303 e. The quantitative estimate of drug-likeness (QED) is 0.0146. The van der Waals surface area contributed by atoms with Crippen molar-refractivity contribution in [3.63, 3.8) is 0 Å². The summed E-state index contributed by atoms with van der Waals surface area (Å²) in [5.74, 6) is -1.71. The summed E-state index contributed by atoms with van der Waals surface area (Å²) in [6.45, 7) is 9.42. The van der Waals surface area contributed by atoms with Crippen LogP contribution in [0, 0.1) is 0 Å². The minimum absolute atomic E-state index is 0.0285. The second-order valence-corrected chi connectivity index (χ2v) is 27.6. The Kier molecular flexibility index (Phi) is 23.7. The Balaban J connectivity index is 1.38. The third-order valence-corrected chi connectivity index (χ3v) is 18.9. The predicted octanol–water partition coefficient (Wildman–Crippen LogP) is 6.22. The highest BCUT2D eigenvalue weighted by atomic mass is 32.2. The molecule has 0 fully saturated rings. The van der Waals surface area contributed by atoms with Crippen LogP contribution < -0.4 is 4.90 Å². The summed E-state index contributed by atoms with van der Waals surface area (Å²) in [4.78, 5) is 9.85. The van der Waals surface area contributed by atoms with Gasteiger partial charge in [-0.2, -0.15) is 38.2 Å². The molecule has 0 radical (unpaired) electrons. The first-order chi connectivity index (χ1) is 39.9. The number of methoxy groups -OCH3 is 1. The molecule has 0 bridgehead atoms. The first-order valence-corrected chi connectivity index (χ1v) is 34.4. The molecule has 0 aliphatic carbocycles. The Morgan fingerprint density at radius 3 is 1.65 bits per heavy atom. The van der Waals surface area contributed by atoms with E-state index in [4.69, 9.17) is 28.4 Å². The summed E-state index contributed by atoms with van der Waals surface area (Å²) in [6, 6.07) is 9.29. The average molecular weight is 1290 g/mol. The Hall–Kier alpha value is -5.13. The second-order valence-electron chi connectivity index (χ2n) is 20.5. The minimum Gasteiger partial charge on any atom is -0.744 e. The molecule has 6 rings (SSSR count). The van der Waals surface area contributed by atoms with Crippen LogP contribution in [0.4, 0.5) is 11.4 Å². The molecule has 2 aliphatic rings. The summed E-state index contributed by atoms with van der Waals surface area (Å²) >= 11 is 0. The number of hydrogen-bond acceptors (Lipinski definition) is 19. The van der Waals surface area contributed by atoms with E-state index in [0.717, 1.165) is 12.1 Å². The van der Waals surface area contributed by atoms with Crippen LogP contribution in [0.3, 0.4) is 0 Å². The number of fused-ring (bicyclic) bond motifs is 6. The Labute approximate surface area is 495 Å². The number of benzene rings is 4. The summed E-state index contributed by atoms with van der Waals surface area (Å²) in [5, 5.41) is 9.15. The monoisotopic (exact) mass is 1290 g/mol. The van der Waals surface area contributed by atoms with Gasteiger partial charge in [0.2, 0.25) is 5.69 Å². The molecular formula is C55H72N2O23S5. The number of allylic oxidation sites excluding steroid dienone is 6. The zero-order valence-electron chi connectivity index (χ0n) is 47.4. The number of unbranched alkanes of at least 4 members (excludes halogenated alkanes) is 2. The van der Waals surface area contributed by atoms with E-state index in [9.17, 15) is 74.8 Å². The normalized spacial score (nSPS) is 18.3. The number of anilines is 1. The van der Waals surface area contributed by atoms with Crippen molar-refractivity contribution in [1.29, 1.82) is 0 Å². The SMILES string of the molecule is CC[N+]1=C(/C=C/C=C/C=C2/N(CCCCCC(=O)O)c3ccc4c(S(=O)(=O)[O-])cc(S(=O)(=O)O)cc4c3C2(C)CCCS(=O)(=O)O)C(C)(CCOCCOCCOCCOCCOCCOC)c2c1ccc1c(S(=O)(=O)O)cc(S(=O)(=O)O)cc21. The summed E-state index contributed by atoms with van der Waals surface area (Å²) in [7, 11) is -23.6. The maximum absolute atomic E-state index is 12.9. The van der Waals surface area contributed by atoms with Crippen LogP contribution in [-0.2, 0) is 94.6 Å². The standard InChI is InChI=1S/C55H72N2O23S5/c1-5-56-45-18-16-41-43(35-39(82(63,64)65)37-47(41)84(69,70)71)52(45)55(3,21-23-76-26-27-78-30-31-80-33-32-79-29-28-77-25-24-75-4)49(56)13-8-6-9-14-50-54(2,20-12-34-81(60,61)62)53-44-36-40(83(66,67)68)38-48(85(72,73)74)42(44)17-19-46(53)57(50)22-11-7-10-15-51(58)59/h6,8-9,13-14,16-19,35-38H,5,7,10-12,15,20-34H2,1-4H3,(H5-,58,59,60,61,62,63,64,65,66,67,68,69,70,71,72,73,74). The number of carbonyl (C=O) groups is 1. The van der Waals surface area contributed by atoms with Crippen molar-refractivity contribution in [2.75, 3.05) is 104 Å². The highest BCUT2D eigenvalue weighted by Crippen LogP contribution is 2.54. The van der Waals surface area contributed by atoms with Gasteiger partial charge in [-0.15, -0.1) is 0 Å². The molecule has 4 aromatic carbocycles. The minimum atomic E-state index is -5.39. The fourth-order valence-electron chi connectivity index (χ4n) is 10.9. The van der Waals surface area contributed by atoms with E-state index in [2.05, 4.69) is 0 Å². The Morgan fingerprint density at radius 1 is 0.600 bits per heavy atom. The van der Waals surface area contributed by atoms with E-state index >= 15 is 0 Å². The molecule has 2 unspecified atom stereocenters. The van der Waals surface area contributed by atoms with Crippen molar-refractivity contribution in [3.8, 4) is 0 Å². The Bertz CT molecular complexity index is 3810. The topological polar surface area (TPSA) is 374 Å². The fraction of sp³-hybridized carbons (Fsp3) is 0.491. The maximum atomic E-state index is 12.9. The highest BCUT2D eigenvalue weighted by molar-refractivity contribution is 7.87. The predicted molar refractivity (Wildman–Crippen MR) is 312 cm³/mol. The lowest BCUT2D eigenvalue weighted by Gasteiger charge is -2.31. The molecule has 2 atom stereocenters. The lowest BCUT2D eigenvalue weighted by molar-refractivity contribution is -0.433. The van der Waals surface area contributed by atoms with Gasteiger partial charge in [-0.25, -0.2) is 8.42 Å². The first kappa shape index (κ1) is 69.0. The van der Waals surface area contributed by atoms with Gasteiger partial charge in [0.25, 0.3) is 40.5 Å². The number of rotatable bonds is 36. The largest absolute Gasteiger partial charge is 0.744 e. The van der Waals surface area contributed by atoms with Crippen molar-refractivity contribution in [1.82, 2.24) is 0 Å². The molecule has 30 heteroatoms. The van der Waals surface area contributed by atoms with Gasteiger partial charge in [0, 0.05) is 66.6 Å². The van der Waals surface area contributed by atoms with Crippen LogP contribution in [0.15, 0.2) is 104 Å². The zero-order valence-corrected chi connectivity index (χ0v) is 51.5. The number of carboxylic acid groups (broad SMARTS) is 1. The van der Waals surface area contributed by atoms with Crippen LogP contribution in [-0.4, -0.2) is 185 Å². The second kappa shape index (κ2) is 29.2. The van der Waals surface area contributed by atoms with E-state index < -0.39 is 92.7 Å². The van der Waals surface area contributed by atoms with Gasteiger partial charge in [0.15, 0.2) is 5.71 Å². The molecule has 5 N–H and O–H groups in total. The molecule has 0 amide bonds. The molecule has 0 aromatic heterocycles. The molecule has 85 heavy (non-hydrogen) atoms. The van der Waals surface area contributed by atoms with Gasteiger partial charge in [-0.05, 0) is 117 Å². The molecule has 470 valence electrons. The molecular weight excluding hydrogens is 1220 g/mol. The van der Waals surface area contributed by atoms with Crippen LogP contribution >= 0.6 is 0 Å². The van der Waals surface area contributed by atoms with Crippen LogP contribution in [0.5, 0.6) is 0 Å². The molecule has 2 aliphatic heterocycles. The highest BCUT2D eigenvalue weighted by Gasteiger charge is 2.49. The van der Waals surface area contributed by atoms with Crippen molar-refractivity contribution in [3.05, 3.63) is 95.7 Å². The maximum Gasteiger partial charge on any atom is 0.303 e. The van der Waals surface area contributed by atoms with Gasteiger partial charge in [0.1, 0.15) is 21.6 Å². The van der Waals surface area contributed by atoms with Gasteiger partial charge < -0.3 is 43.0 Å². The van der Waals surface area contributed by atoms with E-state index in [1.807, 2.05) is 23.3 Å². The number of hydrogen-bond donors (Lipinski definition) is 5. The summed E-state index contributed by atoms with van der Waals surface area (Å²) < 4.78 is 215. The van der Waals surface area contributed by atoms with Crippen LogP contribution in [0.25, 0.3) is 21.5 Å². The molecule has 4 aromatic rings. The number of nitrogens with zero attached hydrogens (tertiary/aromatic N) is 2. The molecule has 0 saturated carbocycles. The zero-order chi connectivity index (χ0) is 62.6. The number of aliphatic carboxylic acids is 1. The summed E-state index contributed by atoms with van der Waals surface area (Å²) in [6.07, 6.45) is 9.39. The lowest BCUT2D eigenvalue weighted by atomic mass is 9.75. The lowest BCUT2D eigenvalue weighted by Crippen LogP contribution is -2.33. The Morgan fingerprint density at radius 2 is 1.13 bits per heavy atom. The number of ether oxygens (including phenoxy) is 6. The fourth-order valence-corrected chi connectivity index (χ4v) is 14.1. The van der Waals surface area contributed by atoms with E-state index in [1.165, 1.54) is 18.2 Å². The van der Waals surface area contributed by atoms with Gasteiger partial charge in [-0.1, -0.05) is 30.7 Å². The van der Waals surface area contributed by atoms with Crippen molar-refractivity contribution < 1.29 is 108 Å². The average Bonchev–Trinajstić information content (AvgIpc) is 1.63. The third kappa shape index (κ3) is 17.6. The third-order valence-electron chi connectivity index (χ3n) is 14.7.